The van der Waals surface area contributed by atoms with Crippen LogP contribution in [0.2, 0.25) is 0 Å². The van der Waals surface area contributed by atoms with Gasteiger partial charge in [0.1, 0.15) is 5.82 Å². The molecule has 1 aromatic heterocycles. The normalized spacial score (nSPS) is 13.3. The van der Waals surface area contributed by atoms with Gasteiger partial charge in [-0.25, -0.2) is 4.98 Å². The summed E-state index contributed by atoms with van der Waals surface area (Å²) in [5, 5.41) is 9.13. The molecule has 0 saturated heterocycles. The van der Waals surface area contributed by atoms with Crippen molar-refractivity contribution in [3.63, 3.8) is 0 Å². The van der Waals surface area contributed by atoms with E-state index in [0.29, 0.717) is 6.54 Å². The van der Waals surface area contributed by atoms with Gasteiger partial charge in [-0.15, -0.1) is 0 Å². The van der Waals surface area contributed by atoms with Crippen LogP contribution < -0.4 is 0 Å². The van der Waals surface area contributed by atoms with Gasteiger partial charge in [0.15, 0.2) is 0 Å². The first kappa shape index (κ1) is 13.1. The van der Waals surface area contributed by atoms with E-state index in [2.05, 4.69) is 28.7 Å². The Kier molecular flexibility index (Phi) is 4.33. The highest BCUT2D eigenvalue weighted by Gasteiger charge is 2.20. The third-order valence-corrected chi connectivity index (χ3v) is 3.34. The number of aliphatic hydroxyl groups is 1. The van der Waals surface area contributed by atoms with Crippen LogP contribution in [-0.2, 0) is 0 Å². The first-order chi connectivity index (χ1) is 8.80. The Morgan fingerprint density at radius 3 is 2.72 bits per heavy atom. The maximum atomic E-state index is 9.13. The summed E-state index contributed by atoms with van der Waals surface area (Å²) in [5.41, 5.74) is 2.08. The molecule has 0 fully saturated rings. The van der Waals surface area contributed by atoms with Gasteiger partial charge in [-0.05, 0) is 25.1 Å². The maximum Gasteiger partial charge on any atom is 0.124 e. The average Bonchev–Trinajstić information content (AvgIpc) is 2.82. The fraction of sp³-hybridized carbons (Fsp3) is 0.500. The van der Waals surface area contributed by atoms with Crippen molar-refractivity contribution in [2.45, 2.75) is 26.3 Å². The summed E-state index contributed by atoms with van der Waals surface area (Å²) in [7, 11) is 0. The van der Waals surface area contributed by atoms with Crippen LogP contribution in [0.15, 0.2) is 24.3 Å². The van der Waals surface area contributed by atoms with Gasteiger partial charge >= 0.3 is 0 Å². The largest absolute Gasteiger partial charge is 0.395 e. The Balaban J connectivity index is 2.30. The number of fused-ring (bicyclic) bond motifs is 1. The van der Waals surface area contributed by atoms with Gasteiger partial charge in [-0.1, -0.05) is 26.0 Å². The molecule has 0 aliphatic heterocycles. The van der Waals surface area contributed by atoms with Crippen molar-refractivity contribution < 1.29 is 5.11 Å². The van der Waals surface area contributed by atoms with Gasteiger partial charge in [-0.2, -0.15) is 0 Å². The second kappa shape index (κ2) is 5.98. The molecule has 4 nitrogen and oxygen atoms in total. The molecule has 0 amide bonds. The minimum atomic E-state index is 0.185. The zero-order chi connectivity index (χ0) is 13.0. The second-order valence-electron chi connectivity index (χ2n) is 4.42. The number of aliphatic hydroxyl groups excluding tert-OH is 1. The van der Waals surface area contributed by atoms with E-state index in [9.17, 15) is 0 Å². The molecule has 4 heteroatoms. The standard InChI is InChI=1S/C14H21N3O/c1-3-13(17(4-2)9-10-18)14-15-11-7-5-6-8-12(11)16-14/h5-8,13,18H,3-4,9-10H2,1-2H3,(H,15,16). The van der Waals surface area contributed by atoms with Crippen LogP contribution in [0.4, 0.5) is 0 Å². The molecule has 0 radical (unpaired) electrons. The molecule has 1 unspecified atom stereocenters. The fourth-order valence-electron chi connectivity index (χ4n) is 2.42. The van der Waals surface area contributed by atoms with Gasteiger partial charge < -0.3 is 10.1 Å². The third kappa shape index (κ3) is 2.54. The monoisotopic (exact) mass is 247 g/mol. The summed E-state index contributed by atoms with van der Waals surface area (Å²) in [4.78, 5) is 10.3. The topological polar surface area (TPSA) is 52.2 Å². The van der Waals surface area contributed by atoms with Crippen molar-refractivity contribution in [1.29, 1.82) is 0 Å². The number of nitrogens with one attached hydrogen (secondary N) is 1. The van der Waals surface area contributed by atoms with E-state index in [1.807, 2.05) is 24.3 Å². The number of imidazole rings is 1. The zero-order valence-corrected chi connectivity index (χ0v) is 11.1. The SMILES string of the molecule is CCC(c1nc2ccccc2[nH]1)N(CC)CCO. The minimum absolute atomic E-state index is 0.185. The second-order valence-corrected chi connectivity index (χ2v) is 4.42. The molecule has 2 rings (SSSR count). The van der Waals surface area contributed by atoms with Gasteiger partial charge in [0.05, 0.1) is 23.7 Å². The van der Waals surface area contributed by atoms with Crippen molar-refractivity contribution in [2.24, 2.45) is 0 Å². The third-order valence-electron chi connectivity index (χ3n) is 3.34. The molecule has 0 aliphatic carbocycles. The maximum absolute atomic E-state index is 9.13. The molecule has 2 aromatic rings. The molecule has 98 valence electrons. The molecule has 1 heterocycles. The number of hydrogen-bond donors (Lipinski definition) is 2. The van der Waals surface area contributed by atoms with Crippen LogP contribution in [0.3, 0.4) is 0 Å². The van der Waals surface area contributed by atoms with E-state index >= 15 is 0 Å². The number of benzene rings is 1. The number of nitrogens with zero attached hydrogens (tertiary/aromatic N) is 2. The lowest BCUT2D eigenvalue weighted by atomic mass is 10.2. The lowest BCUT2D eigenvalue weighted by Gasteiger charge is -2.27. The molecular formula is C14H21N3O. The molecule has 0 bridgehead atoms. The van der Waals surface area contributed by atoms with Crippen LogP contribution in [-0.4, -0.2) is 39.7 Å². The smallest absolute Gasteiger partial charge is 0.124 e. The molecule has 0 saturated carbocycles. The Labute approximate surface area is 108 Å². The molecule has 1 aromatic carbocycles. The van der Waals surface area contributed by atoms with Crippen LogP contribution in [0.5, 0.6) is 0 Å². The van der Waals surface area contributed by atoms with Gasteiger partial charge in [-0.3, -0.25) is 4.90 Å². The Bertz CT molecular complexity index is 461. The Morgan fingerprint density at radius 2 is 2.11 bits per heavy atom. The number of H-pyrrole nitrogens is 1. The highest BCUT2D eigenvalue weighted by atomic mass is 16.3. The van der Waals surface area contributed by atoms with Crippen molar-refractivity contribution in [1.82, 2.24) is 14.9 Å². The highest BCUT2D eigenvalue weighted by molar-refractivity contribution is 5.74. The van der Waals surface area contributed by atoms with E-state index in [4.69, 9.17) is 5.11 Å². The lowest BCUT2D eigenvalue weighted by Crippen LogP contribution is -2.31. The van der Waals surface area contributed by atoms with E-state index < -0.39 is 0 Å². The molecule has 2 N–H and O–H groups in total. The first-order valence-electron chi connectivity index (χ1n) is 6.59. The number of aromatic amines is 1. The van der Waals surface area contributed by atoms with Crippen molar-refractivity contribution >= 4 is 11.0 Å². The molecule has 1 atom stereocenters. The zero-order valence-electron chi connectivity index (χ0n) is 11.1. The van der Waals surface area contributed by atoms with Gasteiger partial charge in [0.2, 0.25) is 0 Å². The molecule has 0 spiro atoms. The van der Waals surface area contributed by atoms with Crippen molar-refractivity contribution in [2.75, 3.05) is 19.7 Å². The summed E-state index contributed by atoms with van der Waals surface area (Å²) in [6, 6.07) is 8.32. The fourth-order valence-corrected chi connectivity index (χ4v) is 2.42. The number of likely N-dealkylation sites (N-methyl/N-ethyl adjacent to an activating group) is 1. The molecular weight excluding hydrogens is 226 g/mol. The van der Waals surface area contributed by atoms with E-state index in [-0.39, 0.29) is 12.6 Å². The highest BCUT2D eigenvalue weighted by Crippen LogP contribution is 2.23. The predicted molar refractivity (Wildman–Crippen MR) is 73.5 cm³/mol. The average molecular weight is 247 g/mol. The quantitative estimate of drug-likeness (QED) is 0.823. The summed E-state index contributed by atoms with van der Waals surface area (Å²) in [6.07, 6.45) is 0.980. The Morgan fingerprint density at radius 1 is 1.33 bits per heavy atom. The number of para-hydroxylation sites is 2. The molecule has 18 heavy (non-hydrogen) atoms. The van der Waals surface area contributed by atoms with E-state index in [0.717, 1.165) is 29.8 Å². The lowest BCUT2D eigenvalue weighted by molar-refractivity contribution is 0.149. The van der Waals surface area contributed by atoms with Crippen LogP contribution >= 0.6 is 0 Å². The molecule has 0 aliphatic rings. The van der Waals surface area contributed by atoms with Gasteiger partial charge in [0, 0.05) is 6.54 Å². The van der Waals surface area contributed by atoms with Crippen molar-refractivity contribution in [3.05, 3.63) is 30.1 Å². The van der Waals surface area contributed by atoms with Crippen LogP contribution in [0, 0.1) is 0 Å². The first-order valence-corrected chi connectivity index (χ1v) is 6.59. The summed E-state index contributed by atoms with van der Waals surface area (Å²) in [5.74, 6) is 0.994. The predicted octanol–water partition coefficient (Wildman–Crippen LogP) is 2.33. The number of rotatable bonds is 6. The van der Waals surface area contributed by atoms with Crippen LogP contribution in [0.25, 0.3) is 11.0 Å². The van der Waals surface area contributed by atoms with Crippen LogP contribution in [0.1, 0.15) is 32.1 Å². The number of hydrogen-bond acceptors (Lipinski definition) is 3. The summed E-state index contributed by atoms with van der Waals surface area (Å²) >= 11 is 0. The van der Waals surface area contributed by atoms with E-state index in [1.165, 1.54) is 0 Å². The minimum Gasteiger partial charge on any atom is -0.395 e. The summed E-state index contributed by atoms with van der Waals surface area (Å²) < 4.78 is 0. The van der Waals surface area contributed by atoms with E-state index in [1.54, 1.807) is 0 Å². The number of aromatic nitrogens is 2. The van der Waals surface area contributed by atoms with Gasteiger partial charge in [0.25, 0.3) is 0 Å². The summed E-state index contributed by atoms with van der Waals surface area (Å²) in [6.45, 7) is 6.05. The van der Waals surface area contributed by atoms with Crippen molar-refractivity contribution in [3.8, 4) is 0 Å². The Hall–Kier alpha value is -1.39.